The number of nitrogens with zero attached hydrogens (tertiary/aromatic N) is 3. The van der Waals surface area contributed by atoms with E-state index in [0.717, 1.165) is 43.7 Å². The lowest BCUT2D eigenvalue weighted by molar-refractivity contribution is 0.338. The van der Waals surface area contributed by atoms with Gasteiger partial charge in [-0.3, -0.25) is 4.57 Å². The Morgan fingerprint density at radius 1 is 0.862 bits per heavy atom. The predicted molar refractivity (Wildman–Crippen MR) is 120 cm³/mol. The van der Waals surface area contributed by atoms with Crippen molar-refractivity contribution < 1.29 is 4.57 Å². The van der Waals surface area contributed by atoms with Crippen LogP contribution >= 0.6 is 7.44 Å². The molecule has 0 amide bonds. The van der Waals surface area contributed by atoms with Crippen molar-refractivity contribution in [3.05, 3.63) is 60.7 Å². The van der Waals surface area contributed by atoms with Crippen LogP contribution in [0, 0.1) is 17.2 Å². The summed E-state index contributed by atoms with van der Waals surface area (Å²) in [5.41, 5.74) is 1.90. The molecule has 1 saturated heterocycles. The van der Waals surface area contributed by atoms with Gasteiger partial charge < -0.3 is 9.34 Å². The smallest absolute Gasteiger partial charge is 0.267 e. The molecule has 4 rings (SSSR count). The van der Waals surface area contributed by atoms with Crippen LogP contribution in [0.3, 0.4) is 0 Å². The Morgan fingerprint density at radius 3 is 1.86 bits per heavy atom. The van der Waals surface area contributed by atoms with Gasteiger partial charge in [0, 0.05) is 30.9 Å². The minimum absolute atomic E-state index is 0.117. The first kappa shape index (κ1) is 20.0. The van der Waals surface area contributed by atoms with Gasteiger partial charge in [0.1, 0.15) is 0 Å². The van der Waals surface area contributed by atoms with E-state index in [1.165, 1.54) is 19.3 Å². The van der Waals surface area contributed by atoms with Crippen LogP contribution in [0.4, 0.5) is 11.4 Å². The van der Waals surface area contributed by atoms with Gasteiger partial charge >= 0.3 is 0 Å². The molecule has 0 aromatic heterocycles. The number of hydrogen-bond donors (Lipinski definition) is 0. The SMILES string of the molecule is N#CCC(C1CCCCC1)P1(=O)N(c2ccccc2)CCCN1c1ccccc1. The van der Waals surface area contributed by atoms with Gasteiger partial charge in [-0.15, -0.1) is 0 Å². The van der Waals surface area contributed by atoms with Crippen LogP contribution in [0.25, 0.3) is 0 Å². The maximum Gasteiger partial charge on any atom is 0.267 e. The van der Waals surface area contributed by atoms with Crippen LogP contribution < -0.4 is 9.34 Å². The van der Waals surface area contributed by atoms with Crippen molar-refractivity contribution in [3.63, 3.8) is 0 Å². The molecule has 2 aromatic rings. The van der Waals surface area contributed by atoms with E-state index in [-0.39, 0.29) is 5.66 Å². The Kier molecular flexibility index (Phi) is 6.26. The molecule has 1 aliphatic carbocycles. The second-order valence-electron chi connectivity index (χ2n) is 8.19. The van der Waals surface area contributed by atoms with Crippen LogP contribution in [-0.2, 0) is 4.57 Å². The monoisotopic (exact) mass is 407 g/mol. The van der Waals surface area contributed by atoms with Crippen LogP contribution in [-0.4, -0.2) is 18.7 Å². The zero-order valence-electron chi connectivity index (χ0n) is 17.0. The molecule has 2 fully saturated rings. The molecule has 1 atom stereocenters. The fourth-order valence-electron chi connectivity index (χ4n) is 5.11. The molecule has 4 nitrogen and oxygen atoms in total. The fraction of sp³-hybridized carbons (Fsp3) is 0.458. The van der Waals surface area contributed by atoms with Crippen molar-refractivity contribution in [3.8, 4) is 6.07 Å². The molecule has 1 saturated carbocycles. The van der Waals surface area contributed by atoms with Gasteiger partial charge in [0.2, 0.25) is 0 Å². The highest BCUT2D eigenvalue weighted by Crippen LogP contribution is 2.65. The summed E-state index contributed by atoms with van der Waals surface area (Å²) in [5.74, 6) is 0.352. The van der Waals surface area contributed by atoms with Crippen molar-refractivity contribution >= 4 is 18.8 Å². The maximum atomic E-state index is 15.2. The fourth-order valence-corrected chi connectivity index (χ4v) is 9.04. The number of rotatable bonds is 5. The van der Waals surface area contributed by atoms with E-state index >= 15 is 4.57 Å². The standard InChI is InChI=1S/C24H30N3OP/c25-18-17-24(21-11-4-1-5-12-21)29(28)26(22-13-6-2-7-14-22)19-10-20-27(29)23-15-8-3-9-16-23/h2-3,6-9,13-16,21,24H,1,4-5,10-12,17,19-20H2. The number of benzene rings is 2. The molecule has 1 aliphatic heterocycles. The van der Waals surface area contributed by atoms with Crippen LogP contribution in [0.15, 0.2) is 60.7 Å². The van der Waals surface area contributed by atoms with Gasteiger partial charge in [0.15, 0.2) is 0 Å². The third-order valence-corrected chi connectivity index (χ3v) is 10.2. The molecule has 5 heteroatoms. The lowest BCUT2D eigenvalue weighted by atomic mass is 9.86. The van der Waals surface area contributed by atoms with Crippen LogP contribution in [0.1, 0.15) is 44.9 Å². The van der Waals surface area contributed by atoms with Gasteiger partial charge in [-0.1, -0.05) is 55.7 Å². The highest BCUT2D eigenvalue weighted by atomic mass is 31.2. The van der Waals surface area contributed by atoms with Crippen molar-refractivity contribution in [1.82, 2.24) is 0 Å². The summed E-state index contributed by atoms with van der Waals surface area (Å²) in [5, 5.41) is 9.72. The summed E-state index contributed by atoms with van der Waals surface area (Å²) in [6.07, 6.45) is 7.10. The van der Waals surface area contributed by atoms with E-state index in [2.05, 4.69) is 39.7 Å². The van der Waals surface area contributed by atoms with E-state index in [4.69, 9.17) is 0 Å². The van der Waals surface area contributed by atoms with Crippen LogP contribution in [0.5, 0.6) is 0 Å². The zero-order chi connectivity index (χ0) is 20.1. The van der Waals surface area contributed by atoms with Crippen molar-refractivity contribution in [2.24, 2.45) is 5.92 Å². The molecule has 2 aliphatic rings. The van der Waals surface area contributed by atoms with Crippen molar-refractivity contribution in [2.45, 2.75) is 50.6 Å². The molecule has 152 valence electrons. The molecule has 0 radical (unpaired) electrons. The molecule has 0 N–H and O–H groups in total. The van der Waals surface area contributed by atoms with Crippen molar-refractivity contribution in [2.75, 3.05) is 22.4 Å². The Hall–Kier alpha value is -2.24. The van der Waals surface area contributed by atoms with Gasteiger partial charge in [-0.25, -0.2) is 0 Å². The Labute approximate surface area is 174 Å². The summed E-state index contributed by atoms with van der Waals surface area (Å²) in [6, 6.07) is 22.7. The Bertz CT molecular complexity index is 823. The zero-order valence-corrected chi connectivity index (χ0v) is 17.9. The van der Waals surface area contributed by atoms with Gasteiger partial charge in [-0.2, -0.15) is 5.26 Å². The summed E-state index contributed by atoms with van der Waals surface area (Å²) in [7, 11) is -3.03. The highest BCUT2D eigenvalue weighted by molar-refractivity contribution is 7.68. The van der Waals surface area contributed by atoms with Crippen molar-refractivity contribution in [1.29, 1.82) is 5.26 Å². The number of anilines is 2. The number of nitriles is 1. The average molecular weight is 407 g/mol. The van der Waals surface area contributed by atoms with Gasteiger partial charge in [-0.05, 0) is 49.4 Å². The van der Waals surface area contributed by atoms with E-state index in [1.807, 2.05) is 36.4 Å². The van der Waals surface area contributed by atoms with Gasteiger partial charge in [0.05, 0.1) is 11.7 Å². The molecule has 0 bridgehead atoms. The first-order chi connectivity index (χ1) is 14.2. The second kappa shape index (κ2) is 9.06. The first-order valence-electron chi connectivity index (χ1n) is 10.9. The largest absolute Gasteiger partial charge is 0.306 e. The predicted octanol–water partition coefficient (Wildman–Crippen LogP) is 6.46. The van der Waals surface area contributed by atoms with E-state index in [1.54, 1.807) is 0 Å². The molecule has 0 spiro atoms. The molecule has 1 unspecified atom stereocenters. The van der Waals surface area contributed by atoms with Gasteiger partial charge in [0.25, 0.3) is 7.44 Å². The molecular formula is C24H30N3OP. The third-order valence-electron chi connectivity index (χ3n) is 6.47. The second-order valence-corrected chi connectivity index (χ2v) is 11.0. The maximum absolute atomic E-state index is 15.2. The molecule has 1 heterocycles. The summed E-state index contributed by atoms with van der Waals surface area (Å²) >= 11 is 0. The normalized spacial score (nSPS) is 20.8. The molecule has 29 heavy (non-hydrogen) atoms. The minimum Gasteiger partial charge on any atom is -0.306 e. The van der Waals surface area contributed by atoms with E-state index in [9.17, 15) is 5.26 Å². The summed E-state index contributed by atoms with van der Waals surface area (Å²) in [4.78, 5) is 0. The first-order valence-corrected chi connectivity index (χ1v) is 12.6. The lowest BCUT2D eigenvalue weighted by Crippen LogP contribution is -2.45. The highest BCUT2D eigenvalue weighted by Gasteiger charge is 2.49. The van der Waals surface area contributed by atoms with Crippen LogP contribution in [0.2, 0.25) is 0 Å². The molecule has 2 aromatic carbocycles. The Balaban J connectivity index is 1.83. The summed E-state index contributed by atoms with van der Waals surface area (Å²) in [6.45, 7) is 1.55. The topological polar surface area (TPSA) is 47.3 Å². The average Bonchev–Trinajstić information content (AvgIpc) is 2.79. The Morgan fingerprint density at radius 2 is 1.38 bits per heavy atom. The van der Waals surface area contributed by atoms with E-state index < -0.39 is 7.44 Å². The number of para-hydroxylation sites is 2. The summed E-state index contributed by atoms with van der Waals surface area (Å²) < 4.78 is 19.5. The quantitative estimate of drug-likeness (QED) is 0.534. The van der Waals surface area contributed by atoms with E-state index in [0.29, 0.717) is 12.3 Å². The minimum atomic E-state index is -3.03. The lowest BCUT2D eigenvalue weighted by Gasteiger charge is -2.50. The number of hydrogen-bond acceptors (Lipinski definition) is 2. The third kappa shape index (κ3) is 3.94. The molecular weight excluding hydrogens is 377 g/mol.